The Labute approximate surface area is 157 Å². The molecule has 138 valence electrons. The van der Waals surface area contributed by atoms with Gasteiger partial charge >= 0.3 is 0 Å². The summed E-state index contributed by atoms with van der Waals surface area (Å²) in [6.45, 7) is -0.198. The fourth-order valence-corrected chi connectivity index (χ4v) is 4.03. The Morgan fingerprint density at radius 1 is 1.11 bits per heavy atom. The van der Waals surface area contributed by atoms with E-state index in [0.29, 0.717) is 0 Å². The lowest BCUT2D eigenvalue weighted by atomic mass is 10.1. The number of rotatable bonds is 7. The lowest BCUT2D eigenvalue weighted by Gasteiger charge is -2.17. The van der Waals surface area contributed by atoms with E-state index in [2.05, 4.69) is 15.0 Å². The van der Waals surface area contributed by atoms with Crippen LogP contribution < -0.4 is 10.0 Å². The third-order valence-corrected chi connectivity index (χ3v) is 5.60. The summed E-state index contributed by atoms with van der Waals surface area (Å²) in [6, 6.07) is 16.2. The molecule has 2 aromatic carbocycles. The van der Waals surface area contributed by atoms with Crippen molar-refractivity contribution in [1.29, 1.82) is 5.26 Å². The van der Waals surface area contributed by atoms with E-state index in [-0.39, 0.29) is 17.9 Å². The summed E-state index contributed by atoms with van der Waals surface area (Å²) in [4.78, 5) is 15.7. The molecule has 3 aromatic rings. The molecule has 0 radical (unpaired) electrons. The van der Waals surface area contributed by atoms with Crippen LogP contribution in [0, 0.1) is 11.3 Å². The van der Waals surface area contributed by atoms with Gasteiger partial charge in [0.25, 0.3) is 0 Å². The van der Waals surface area contributed by atoms with Gasteiger partial charge in [0.05, 0.1) is 11.0 Å². The van der Waals surface area contributed by atoms with Crippen LogP contribution in [0.1, 0.15) is 5.56 Å². The van der Waals surface area contributed by atoms with E-state index in [9.17, 15) is 13.2 Å². The predicted molar refractivity (Wildman–Crippen MR) is 101 cm³/mol. The van der Waals surface area contributed by atoms with Crippen molar-refractivity contribution < 1.29 is 13.2 Å². The number of nitrogens with zero attached hydrogens (tertiary/aromatic N) is 1. The summed E-state index contributed by atoms with van der Waals surface area (Å²) >= 11 is 0. The zero-order chi connectivity index (χ0) is 19.3. The highest BCUT2D eigenvalue weighted by molar-refractivity contribution is 7.89. The van der Waals surface area contributed by atoms with Gasteiger partial charge in [-0.2, -0.15) is 9.98 Å². The number of hydrogen-bond donors (Lipinski definition) is 3. The van der Waals surface area contributed by atoms with Gasteiger partial charge in [0.15, 0.2) is 0 Å². The number of amides is 1. The molecule has 1 aromatic heterocycles. The van der Waals surface area contributed by atoms with E-state index in [1.165, 1.54) is 12.1 Å². The van der Waals surface area contributed by atoms with Crippen molar-refractivity contribution in [3.63, 3.8) is 0 Å². The Kier molecular flexibility index (Phi) is 5.54. The number of carbonyl (C=O) groups is 1. The molecule has 1 heterocycles. The molecule has 0 aliphatic rings. The highest BCUT2D eigenvalue weighted by Crippen LogP contribution is 2.20. The summed E-state index contributed by atoms with van der Waals surface area (Å²) in [5.74, 6) is -0.554. The van der Waals surface area contributed by atoms with Crippen LogP contribution in [-0.2, 0) is 21.2 Å². The van der Waals surface area contributed by atoms with Crippen molar-refractivity contribution in [2.45, 2.75) is 17.4 Å². The Morgan fingerprint density at radius 2 is 1.81 bits per heavy atom. The minimum Gasteiger partial charge on any atom is -0.361 e. The van der Waals surface area contributed by atoms with Gasteiger partial charge in [0.2, 0.25) is 15.9 Å². The van der Waals surface area contributed by atoms with Crippen LogP contribution in [-0.4, -0.2) is 31.9 Å². The summed E-state index contributed by atoms with van der Waals surface area (Å²) in [6.07, 6.45) is 1.90. The Hall–Kier alpha value is -3.15. The first-order valence-corrected chi connectivity index (χ1v) is 9.76. The third kappa shape index (κ3) is 4.34. The maximum atomic E-state index is 12.6. The number of aromatic amines is 1. The van der Waals surface area contributed by atoms with Crippen LogP contribution in [0.3, 0.4) is 0 Å². The van der Waals surface area contributed by atoms with Crippen LogP contribution in [0.15, 0.2) is 65.7 Å². The van der Waals surface area contributed by atoms with Gasteiger partial charge in [0, 0.05) is 17.1 Å². The number of aromatic nitrogens is 1. The number of fused-ring (bicyclic) bond motifs is 1. The largest absolute Gasteiger partial charge is 0.361 e. The van der Waals surface area contributed by atoms with Gasteiger partial charge in [-0.15, -0.1) is 0 Å². The van der Waals surface area contributed by atoms with Crippen LogP contribution in [0.2, 0.25) is 0 Å². The second kappa shape index (κ2) is 8.03. The highest BCUT2D eigenvalue weighted by Gasteiger charge is 2.26. The number of hydrogen-bond acceptors (Lipinski definition) is 4. The van der Waals surface area contributed by atoms with Crippen molar-refractivity contribution in [2.24, 2.45) is 0 Å². The normalized spacial score (nSPS) is 12.4. The molecule has 7 nitrogen and oxygen atoms in total. The van der Waals surface area contributed by atoms with Crippen LogP contribution in [0.5, 0.6) is 0 Å². The molecule has 1 unspecified atom stereocenters. The van der Waals surface area contributed by atoms with Crippen LogP contribution in [0.4, 0.5) is 0 Å². The van der Waals surface area contributed by atoms with Crippen molar-refractivity contribution in [1.82, 2.24) is 15.0 Å². The first kappa shape index (κ1) is 18.6. The van der Waals surface area contributed by atoms with E-state index >= 15 is 0 Å². The quantitative estimate of drug-likeness (QED) is 0.540. The number of nitrogens with one attached hydrogen (secondary N) is 3. The average molecular weight is 382 g/mol. The zero-order valence-electron chi connectivity index (χ0n) is 14.3. The maximum Gasteiger partial charge on any atom is 0.241 e. The minimum absolute atomic E-state index is 0.0713. The van der Waals surface area contributed by atoms with Gasteiger partial charge < -0.3 is 10.3 Å². The summed E-state index contributed by atoms with van der Waals surface area (Å²) in [7, 11) is -3.89. The Bertz CT molecular complexity index is 1080. The summed E-state index contributed by atoms with van der Waals surface area (Å²) in [5, 5.41) is 12.0. The number of nitriles is 1. The van der Waals surface area contributed by atoms with Crippen molar-refractivity contribution in [2.75, 3.05) is 6.54 Å². The number of H-pyrrole nitrogens is 1. The number of para-hydroxylation sites is 1. The molecule has 0 aliphatic heterocycles. The number of carbonyl (C=O) groups excluding carboxylic acids is 1. The Morgan fingerprint density at radius 3 is 2.56 bits per heavy atom. The number of sulfonamides is 1. The zero-order valence-corrected chi connectivity index (χ0v) is 15.2. The van der Waals surface area contributed by atoms with Gasteiger partial charge in [-0.1, -0.05) is 36.4 Å². The molecule has 0 bridgehead atoms. The van der Waals surface area contributed by atoms with Gasteiger partial charge in [-0.05, 0) is 30.2 Å². The second-order valence-corrected chi connectivity index (χ2v) is 7.64. The Balaban J connectivity index is 1.89. The monoisotopic (exact) mass is 382 g/mol. The first-order valence-electron chi connectivity index (χ1n) is 8.28. The molecule has 8 heteroatoms. The molecule has 0 saturated heterocycles. The van der Waals surface area contributed by atoms with Crippen LogP contribution in [0.25, 0.3) is 10.9 Å². The molecule has 1 atom stereocenters. The van der Waals surface area contributed by atoms with E-state index in [1.807, 2.05) is 30.3 Å². The highest BCUT2D eigenvalue weighted by atomic mass is 32.2. The smallest absolute Gasteiger partial charge is 0.241 e. The molecule has 0 saturated carbocycles. The first-order chi connectivity index (χ1) is 13.0. The molecular weight excluding hydrogens is 364 g/mol. The minimum atomic E-state index is -3.89. The second-order valence-electron chi connectivity index (χ2n) is 5.93. The molecular formula is C19H18N4O3S. The fourth-order valence-electron chi connectivity index (χ4n) is 2.81. The molecule has 3 N–H and O–H groups in total. The summed E-state index contributed by atoms with van der Waals surface area (Å²) in [5.41, 5.74) is 1.70. The maximum absolute atomic E-state index is 12.6. The molecule has 0 spiro atoms. The SMILES string of the molecule is N#CCNC(=O)C(Cc1c[nH]c2ccccc12)NS(=O)(=O)c1ccccc1. The summed E-state index contributed by atoms with van der Waals surface area (Å²) < 4.78 is 27.8. The average Bonchev–Trinajstić information content (AvgIpc) is 3.09. The van der Waals surface area contributed by atoms with Crippen LogP contribution >= 0.6 is 0 Å². The van der Waals surface area contributed by atoms with E-state index in [0.717, 1.165) is 16.5 Å². The fraction of sp³-hybridized carbons (Fsp3) is 0.158. The molecule has 1 amide bonds. The predicted octanol–water partition coefficient (Wildman–Crippen LogP) is 1.70. The van der Waals surface area contributed by atoms with E-state index < -0.39 is 22.0 Å². The lowest BCUT2D eigenvalue weighted by Crippen LogP contribution is -2.48. The molecule has 0 fully saturated rings. The topological polar surface area (TPSA) is 115 Å². The van der Waals surface area contributed by atoms with E-state index in [1.54, 1.807) is 24.4 Å². The lowest BCUT2D eigenvalue weighted by molar-refractivity contribution is -0.122. The molecule has 27 heavy (non-hydrogen) atoms. The number of benzene rings is 2. The third-order valence-electron chi connectivity index (χ3n) is 4.11. The molecule has 3 rings (SSSR count). The van der Waals surface area contributed by atoms with Gasteiger partial charge in [0.1, 0.15) is 12.6 Å². The van der Waals surface area contributed by atoms with Crippen molar-refractivity contribution in [3.8, 4) is 6.07 Å². The van der Waals surface area contributed by atoms with Gasteiger partial charge in [-0.3, -0.25) is 4.79 Å². The van der Waals surface area contributed by atoms with Crippen molar-refractivity contribution >= 4 is 26.8 Å². The van der Waals surface area contributed by atoms with Gasteiger partial charge in [-0.25, -0.2) is 8.42 Å². The van der Waals surface area contributed by atoms with E-state index in [4.69, 9.17) is 5.26 Å². The van der Waals surface area contributed by atoms with Crippen molar-refractivity contribution in [3.05, 3.63) is 66.4 Å². The molecule has 0 aliphatic carbocycles. The standard InChI is InChI=1S/C19H18N4O3S/c20-10-11-21-19(24)18(23-27(25,26)15-6-2-1-3-7-15)12-14-13-22-17-9-5-4-8-16(14)17/h1-9,13,18,22-23H,11-12H2,(H,21,24).